The molecule has 0 spiro atoms. The van der Waals surface area contributed by atoms with Gasteiger partial charge in [0.15, 0.2) is 5.78 Å². The molecule has 0 aromatic heterocycles. The van der Waals surface area contributed by atoms with Gasteiger partial charge >= 0.3 is 0 Å². The number of phenols is 4. The SMILES string of the molecule is CCCCCC(=O)c1c(O)cc2c(c1O)C(=O)c1c(O)cc(O)cc1C2. The van der Waals surface area contributed by atoms with Gasteiger partial charge in [0, 0.05) is 12.5 Å². The van der Waals surface area contributed by atoms with Crippen LogP contribution in [0.25, 0.3) is 0 Å². The minimum absolute atomic E-state index is 0.0133. The van der Waals surface area contributed by atoms with E-state index in [9.17, 15) is 30.0 Å². The Bertz CT molecular complexity index is 913. The van der Waals surface area contributed by atoms with Crippen LogP contribution in [0.3, 0.4) is 0 Å². The van der Waals surface area contributed by atoms with Crippen LogP contribution in [0.2, 0.25) is 0 Å². The van der Waals surface area contributed by atoms with E-state index in [4.69, 9.17) is 0 Å². The molecule has 0 heterocycles. The first kappa shape index (κ1) is 17.8. The van der Waals surface area contributed by atoms with E-state index in [1.807, 2.05) is 6.92 Å². The molecule has 0 saturated heterocycles. The van der Waals surface area contributed by atoms with Gasteiger partial charge in [-0.1, -0.05) is 19.8 Å². The lowest BCUT2D eigenvalue weighted by atomic mass is 9.82. The number of benzene rings is 2. The lowest BCUT2D eigenvalue weighted by Gasteiger charge is -2.22. The number of ketones is 2. The van der Waals surface area contributed by atoms with Crippen LogP contribution >= 0.6 is 0 Å². The summed E-state index contributed by atoms with van der Waals surface area (Å²) < 4.78 is 0. The van der Waals surface area contributed by atoms with Crippen LogP contribution < -0.4 is 0 Å². The van der Waals surface area contributed by atoms with Crippen molar-refractivity contribution >= 4 is 11.6 Å². The summed E-state index contributed by atoms with van der Waals surface area (Å²) in [5.41, 5.74) is 0.374. The number of Topliss-reactive ketones (excluding diaryl/α,β-unsaturated/α-hetero) is 1. The fourth-order valence-corrected chi connectivity index (χ4v) is 3.44. The van der Waals surface area contributed by atoms with E-state index in [2.05, 4.69) is 0 Å². The summed E-state index contributed by atoms with van der Waals surface area (Å²) in [5, 5.41) is 40.4. The largest absolute Gasteiger partial charge is 0.508 e. The molecule has 0 amide bonds. The molecule has 0 fully saturated rings. The second-order valence-electron chi connectivity index (χ2n) is 6.54. The first-order valence-corrected chi connectivity index (χ1v) is 8.55. The Morgan fingerprint density at radius 1 is 0.962 bits per heavy atom. The van der Waals surface area contributed by atoms with Gasteiger partial charge in [-0.15, -0.1) is 0 Å². The normalized spacial score (nSPS) is 12.6. The highest BCUT2D eigenvalue weighted by atomic mass is 16.3. The van der Waals surface area contributed by atoms with E-state index in [1.165, 1.54) is 12.1 Å². The molecule has 26 heavy (non-hydrogen) atoms. The summed E-state index contributed by atoms with van der Waals surface area (Å²) in [4.78, 5) is 25.2. The van der Waals surface area contributed by atoms with Crippen molar-refractivity contribution in [3.05, 3.63) is 46.0 Å². The van der Waals surface area contributed by atoms with E-state index >= 15 is 0 Å². The third kappa shape index (κ3) is 2.87. The molecule has 4 N–H and O–H groups in total. The van der Waals surface area contributed by atoms with Gasteiger partial charge in [0.05, 0.1) is 11.1 Å². The van der Waals surface area contributed by atoms with Crippen molar-refractivity contribution in [3.8, 4) is 23.0 Å². The van der Waals surface area contributed by atoms with Crippen molar-refractivity contribution in [2.75, 3.05) is 0 Å². The number of carbonyl (C=O) groups excluding carboxylic acids is 2. The van der Waals surface area contributed by atoms with Crippen LogP contribution in [0.4, 0.5) is 0 Å². The zero-order valence-electron chi connectivity index (χ0n) is 14.4. The Labute approximate surface area is 150 Å². The minimum Gasteiger partial charge on any atom is -0.508 e. The summed E-state index contributed by atoms with van der Waals surface area (Å²) >= 11 is 0. The molecule has 1 aliphatic carbocycles. The van der Waals surface area contributed by atoms with Gasteiger partial charge in [0.2, 0.25) is 5.78 Å². The molecule has 6 heteroatoms. The third-order valence-electron chi connectivity index (χ3n) is 4.67. The summed E-state index contributed by atoms with van der Waals surface area (Å²) in [7, 11) is 0. The Balaban J connectivity index is 2.08. The summed E-state index contributed by atoms with van der Waals surface area (Å²) in [6.45, 7) is 2.00. The second kappa shape index (κ2) is 6.71. The quantitative estimate of drug-likeness (QED) is 0.411. The molecule has 0 bridgehead atoms. The molecule has 6 nitrogen and oxygen atoms in total. The van der Waals surface area contributed by atoms with E-state index in [1.54, 1.807) is 0 Å². The highest BCUT2D eigenvalue weighted by Gasteiger charge is 2.33. The molecular weight excluding hydrogens is 336 g/mol. The maximum atomic E-state index is 12.8. The molecule has 1 aliphatic rings. The number of phenolic OH excluding ortho intramolecular Hbond substituents is 4. The van der Waals surface area contributed by atoms with Crippen molar-refractivity contribution in [1.29, 1.82) is 0 Å². The number of aromatic hydroxyl groups is 4. The van der Waals surface area contributed by atoms with Gasteiger partial charge < -0.3 is 20.4 Å². The molecule has 0 atom stereocenters. The highest BCUT2D eigenvalue weighted by molar-refractivity contribution is 6.17. The zero-order chi connectivity index (χ0) is 19.0. The number of unbranched alkanes of at least 4 members (excludes halogenated alkanes) is 2. The molecule has 0 radical (unpaired) electrons. The summed E-state index contributed by atoms with van der Waals surface area (Å²) in [5.74, 6) is -2.57. The van der Waals surface area contributed by atoms with E-state index < -0.39 is 17.3 Å². The van der Waals surface area contributed by atoms with Gasteiger partial charge in [-0.05, 0) is 36.1 Å². The molecule has 0 aliphatic heterocycles. The Morgan fingerprint density at radius 2 is 1.65 bits per heavy atom. The molecule has 136 valence electrons. The lowest BCUT2D eigenvalue weighted by molar-refractivity contribution is 0.0974. The van der Waals surface area contributed by atoms with Gasteiger partial charge in [0.1, 0.15) is 28.6 Å². The monoisotopic (exact) mass is 356 g/mol. The Morgan fingerprint density at radius 3 is 2.35 bits per heavy atom. The number of fused-ring (bicyclic) bond motifs is 2. The fourth-order valence-electron chi connectivity index (χ4n) is 3.44. The Kier molecular flexibility index (Phi) is 4.59. The van der Waals surface area contributed by atoms with Crippen molar-refractivity contribution in [3.63, 3.8) is 0 Å². The maximum Gasteiger partial charge on any atom is 0.201 e. The van der Waals surface area contributed by atoms with E-state index in [-0.39, 0.29) is 46.8 Å². The standard InChI is InChI=1S/C20H20O6/c1-2-3-4-5-13(22)18-14(23)8-11-6-10-7-12(21)9-15(24)16(10)19(25)17(11)20(18)26/h7-9,21,23-24,26H,2-6H2,1H3. The van der Waals surface area contributed by atoms with E-state index in [0.717, 1.165) is 18.9 Å². The molecule has 3 rings (SSSR count). The Hall–Kier alpha value is -3.02. The molecule has 0 saturated carbocycles. The number of hydrogen-bond donors (Lipinski definition) is 4. The number of hydrogen-bond acceptors (Lipinski definition) is 6. The van der Waals surface area contributed by atoms with E-state index in [0.29, 0.717) is 17.5 Å². The van der Waals surface area contributed by atoms with Crippen LogP contribution in [0.15, 0.2) is 18.2 Å². The lowest BCUT2D eigenvalue weighted by Crippen LogP contribution is -2.17. The highest BCUT2D eigenvalue weighted by Crippen LogP contribution is 2.43. The summed E-state index contributed by atoms with van der Waals surface area (Å²) in [6.07, 6.45) is 2.70. The summed E-state index contributed by atoms with van der Waals surface area (Å²) in [6, 6.07) is 3.70. The van der Waals surface area contributed by atoms with Crippen LogP contribution in [-0.2, 0) is 6.42 Å². The van der Waals surface area contributed by atoms with Crippen molar-refractivity contribution in [2.24, 2.45) is 0 Å². The number of carbonyl (C=O) groups is 2. The molecule has 2 aromatic rings. The van der Waals surface area contributed by atoms with Crippen LogP contribution in [0.5, 0.6) is 23.0 Å². The topological polar surface area (TPSA) is 115 Å². The van der Waals surface area contributed by atoms with Crippen LogP contribution in [-0.4, -0.2) is 32.0 Å². The van der Waals surface area contributed by atoms with Crippen LogP contribution in [0.1, 0.15) is 70.0 Å². The fraction of sp³-hybridized carbons (Fsp3) is 0.300. The predicted molar refractivity (Wildman–Crippen MR) is 94.3 cm³/mol. The van der Waals surface area contributed by atoms with Crippen molar-refractivity contribution in [1.82, 2.24) is 0 Å². The predicted octanol–water partition coefficient (Wildman–Crippen LogP) is 3.41. The van der Waals surface area contributed by atoms with Gasteiger partial charge in [-0.2, -0.15) is 0 Å². The second-order valence-corrected chi connectivity index (χ2v) is 6.54. The average molecular weight is 356 g/mol. The minimum atomic E-state index is -0.640. The average Bonchev–Trinajstić information content (AvgIpc) is 2.53. The number of rotatable bonds is 5. The maximum absolute atomic E-state index is 12.8. The third-order valence-corrected chi connectivity index (χ3v) is 4.67. The van der Waals surface area contributed by atoms with Crippen molar-refractivity contribution in [2.45, 2.75) is 39.0 Å². The molecule has 2 aromatic carbocycles. The van der Waals surface area contributed by atoms with Gasteiger partial charge in [-0.3, -0.25) is 9.59 Å². The molecule has 0 unspecified atom stereocenters. The molecular formula is C20H20O6. The van der Waals surface area contributed by atoms with Gasteiger partial charge in [-0.25, -0.2) is 0 Å². The smallest absolute Gasteiger partial charge is 0.201 e. The van der Waals surface area contributed by atoms with Gasteiger partial charge in [0.25, 0.3) is 0 Å². The van der Waals surface area contributed by atoms with Crippen molar-refractivity contribution < 1.29 is 30.0 Å². The first-order valence-electron chi connectivity index (χ1n) is 8.55. The first-order chi connectivity index (χ1) is 12.3. The zero-order valence-corrected chi connectivity index (χ0v) is 14.4. The van der Waals surface area contributed by atoms with Crippen LogP contribution in [0, 0.1) is 0 Å².